The van der Waals surface area contributed by atoms with Gasteiger partial charge in [-0.1, -0.05) is 30.3 Å². The predicted molar refractivity (Wildman–Crippen MR) is 70.4 cm³/mol. The van der Waals surface area contributed by atoms with Gasteiger partial charge in [0.2, 0.25) is 5.78 Å². The zero-order valence-electron chi connectivity index (χ0n) is 10.4. The largest absolute Gasteiger partial charge is 0.477 e. The molecule has 96 valence electrons. The Kier molecular flexibility index (Phi) is 2.59. The van der Waals surface area contributed by atoms with Gasteiger partial charge in [-0.2, -0.15) is 0 Å². The van der Waals surface area contributed by atoms with Gasteiger partial charge in [0.15, 0.2) is 0 Å². The Balaban J connectivity index is 1.97. The number of carboxylic acid groups (broad SMARTS) is 1. The molecule has 0 bridgehead atoms. The van der Waals surface area contributed by atoms with E-state index in [1.807, 2.05) is 36.5 Å². The molecule has 3 aromatic rings. The molecule has 0 fully saturated rings. The summed E-state index contributed by atoms with van der Waals surface area (Å²) in [4.78, 5) is 15.5. The van der Waals surface area contributed by atoms with Crippen LogP contribution >= 0.6 is 0 Å². The van der Waals surface area contributed by atoms with Gasteiger partial charge in [-0.3, -0.25) is 4.40 Å². The van der Waals surface area contributed by atoms with Crippen LogP contribution in [-0.2, 0) is 13.5 Å². The van der Waals surface area contributed by atoms with Crippen LogP contribution in [0.1, 0.15) is 21.7 Å². The summed E-state index contributed by atoms with van der Waals surface area (Å²) in [7, 11) is 1.71. The smallest absolute Gasteiger partial charge is 0.354 e. The second-order valence-electron chi connectivity index (χ2n) is 4.48. The van der Waals surface area contributed by atoms with E-state index in [0.717, 1.165) is 12.1 Å². The van der Waals surface area contributed by atoms with Crippen LogP contribution in [0.3, 0.4) is 0 Å². The molecule has 5 nitrogen and oxygen atoms in total. The highest BCUT2D eigenvalue weighted by Crippen LogP contribution is 2.13. The first-order chi connectivity index (χ1) is 9.15. The molecule has 0 saturated carbocycles. The van der Waals surface area contributed by atoms with Crippen molar-refractivity contribution in [1.82, 2.24) is 14.0 Å². The molecule has 2 heterocycles. The highest BCUT2D eigenvalue weighted by molar-refractivity contribution is 5.86. The first-order valence-corrected chi connectivity index (χ1v) is 5.95. The van der Waals surface area contributed by atoms with Crippen LogP contribution < -0.4 is 0 Å². The van der Waals surface area contributed by atoms with Crippen LogP contribution in [-0.4, -0.2) is 25.0 Å². The van der Waals surface area contributed by atoms with Crippen LogP contribution in [0.15, 0.2) is 42.7 Å². The summed E-state index contributed by atoms with van der Waals surface area (Å²) in [5.74, 6) is -0.305. The second kappa shape index (κ2) is 4.28. The molecule has 0 aliphatic heterocycles. The third-order valence-electron chi connectivity index (χ3n) is 3.13. The van der Waals surface area contributed by atoms with E-state index < -0.39 is 5.97 Å². The molecule has 0 spiro atoms. The summed E-state index contributed by atoms with van der Waals surface area (Å²) in [5, 5.41) is 9.03. The van der Waals surface area contributed by atoms with E-state index in [4.69, 9.17) is 5.11 Å². The molecule has 5 heteroatoms. The van der Waals surface area contributed by atoms with E-state index in [1.165, 1.54) is 5.56 Å². The molecular weight excluding hydrogens is 242 g/mol. The average molecular weight is 255 g/mol. The predicted octanol–water partition coefficient (Wildman–Crippen LogP) is 1.96. The summed E-state index contributed by atoms with van der Waals surface area (Å²) in [6.07, 6.45) is 4.19. The number of carboxylic acids is 1. The van der Waals surface area contributed by atoms with Gasteiger partial charge in [0, 0.05) is 25.9 Å². The lowest BCUT2D eigenvalue weighted by Gasteiger charge is -1.97. The second-order valence-corrected chi connectivity index (χ2v) is 4.48. The van der Waals surface area contributed by atoms with Crippen LogP contribution in [0.5, 0.6) is 0 Å². The Labute approximate surface area is 109 Å². The molecule has 0 atom stereocenters. The third-order valence-corrected chi connectivity index (χ3v) is 3.13. The van der Waals surface area contributed by atoms with E-state index in [0.29, 0.717) is 5.78 Å². The van der Waals surface area contributed by atoms with E-state index in [1.54, 1.807) is 22.2 Å². The first-order valence-electron chi connectivity index (χ1n) is 5.95. The first kappa shape index (κ1) is 11.5. The maximum absolute atomic E-state index is 11.0. The molecule has 0 unspecified atom stereocenters. The Morgan fingerprint density at radius 3 is 2.63 bits per heavy atom. The van der Waals surface area contributed by atoms with Crippen molar-refractivity contribution < 1.29 is 9.90 Å². The van der Waals surface area contributed by atoms with Crippen molar-refractivity contribution >= 4 is 11.7 Å². The average Bonchev–Trinajstić information content (AvgIpc) is 2.90. The van der Waals surface area contributed by atoms with Gasteiger partial charge in [-0.15, -0.1) is 0 Å². The van der Waals surface area contributed by atoms with Crippen molar-refractivity contribution in [3.63, 3.8) is 0 Å². The van der Waals surface area contributed by atoms with Crippen LogP contribution in [0.4, 0.5) is 0 Å². The zero-order valence-corrected chi connectivity index (χ0v) is 10.4. The van der Waals surface area contributed by atoms with E-state index in [9.17, 15) is 4.79 Å². The number of fused-ring (bicyclic) bond motifs is 1. The Morgan fingerprint density at radius 2 is 2.00 bits per heavy atom. The molecule has 3 rings (SSSR count). The normalized spacial score (nSPS) is 11.0. The number of benzene rings is 1. The number of imidazole rings is 2. The number of hydrogen-bond donors (Lipinski definition) is 1. The summed E-state index contributed by atoms with van der Waals surface area (Å²) in [6.45, 7) is 0. The van der Waals surface area contributed by atoms with Crippen molar-refractivity contribution in [2.24, 2.45) is 7.05 Å². The van der Waals surface area contributed by atoms with Crippen LogP contribution in [0.2, 0.25) is 0 Å². The number of hydrogen-bond acceptors (Lipinski definition) is 2. The van der Waals surface area contributed by atoms with Gasteiger partial charge in [0.1, 0.15) is 5.69 Å². The summed E-state index contributed by atoms with van der Waals surface area (Å²) in [5.41, 5.74) is 2.34. The quantitative estimate of drug-likeness (QED) is 0.778. The molecule has 0 aliphatic carbocycles. The lowest BCUT2D eigenvalue weighted by Crippen LogP contribution is -2.04. The summed E-state index contributed by atoms with van der Waals surface area (Å²) < 4.78 is 3.33. The monoisotopic (exact) mass is 255 g/mol. The third kappa shape index (κ3) is 1.99. The molecule has 1 aromatic carbocycles. The van der Waals surface area contributed by atoms with Gasteiger partial charge < -0.3 is 9.67 Å². The minimum Gasteiger partial charge on any atom is -0.477 e. The van der Waals surface area contributed by atoms with E-state index in [-0.39, 0.29) is 5.69 Å². The highest BCUT2D eigenvalue weighted by Gasteiger charge is 2.14. The highest BCUT2D eigenvalue weighted by atomic mass is 16.4. The molecule has 0 radical (unpaired) electrons. The fourth-order valence-electron chi connectivity index (χ4n) is 2.19. The lowest BCUT2D eigenvalue weighted by atomic mass is 10.1. The maximum Gasteiger partial charge on any atom is 0.354 e. The summed E-state index contributed by atoms with van der Waals surface area (Å²) in [6, 6.07) is 10.1. The Hall–Kier alpha value is -2.56. The fourth-order valence-corrected chi connectivity index (χ4v) is 2.19. The zero-order chi connectivity index (χ0) is 13.4. The molecule has 0 aliphatic rings. The number of carbonyl (C=O) groups is 1. The summed E-state index contributed by atoms with van der Waals surface area (Å²) >= 11 is 0. The SMILES string of the molecule is Cn1c(C(=O)O)cn2cc(Cc3ccccc3)nc12. The van der Waals surface area contributed by atoms with Gasteiger partial charge in [-0.05, 0) is 5.56 Å². The number of rotatable bonds is 3. The van der Waals surface area contributed by atoms with Gasteiger partial charge in [0.25, 0.3) is 0 Å². The van der Waals surface area contributed by atoms with Gasteiger partial charge in [-0.25, -0.2) is 9.78 Å². The molecule has 1 N–H and O–H groups in total. The van der Waals surface area contributed by atoms with Crippen molar-refractivity contribution in [2.75, 3.05) is 0 Å². The molecule has 19 heavy (non-hydrogen) atoms. The van der Waals surface area contributed by atoms with Gasteiger partial charge in [0.05, 0.1) is 5.69 Å². The number of aromatic nitrogens is 3. The number of nitrogens with zero attached hydrogens (tertiary/aromatic N) is 3. The molecule has 0 saturated heterocycles. The van der Waals surface area contributed by atoms with Crippen molar-refractivity contribution in [3.8, 4) is 0 Å². The Morgan fingerprint density at radius 1 is 1.26 bits per heavy atom. The minimum absolute atomic E-state index is 0.230. The van der Waals surface area contributed by atoms with E-state index in [2.05, 4.69) is 4.98 Å². The van der Waals surface area contributed by atoms with E-state index >= 15 is 0 Å². The van der Waals surface area contributed by atoms with Crippen molar-refractivity contribution in [3.05, 3.63) is 59.7 Å². The lowest BCUT2D eigenvalue weighted by molar-refractivity contribution is 0.0686. The van der Waals surface area contributed by atoms with Gasteiger partial charge >= 0.3 is 5.97 Å². The number of aryl methyl sites for hydroxylation is 1. The standard InChI is InChI=1S/C14H13N3O2/c1-16-12(13(18)19)9-17-8-11(15-14(16)17)7-10-5-3-2-4-6-10/h2-6,8-9H,7H2,1H3,(H,18,19). The van der Waals surface area contributed by atoms with Crippen LogP contribution in [0, 0.1) is 0 Å². The van der Waals surface area contributed by atoms with Crippen LogP contribution in [0.25, 0.3) is 5.78 Å². The van der Waals surface area contributed by atoms with Crippen molar-refractivity contribution in [2.45, 2.75) is 6.42 Å². The molecule has 2 aromatic heterocycles. The number of aromatic carboxylic acids is 1. The molecule has 0 amide bonds. The maximum atomic E-state index is 11.0. The fraction of sp³-hybridized carbons (Fsp3) is 0.143. The molecular formula is C14H13N3O2. The topological polar surface area (TPSA) is 59.5 Å². The minimum atomic E-state index is -0.947. The van der Waals surface area contributed by atoms with Crippen molar-refractivity contribution in [1.29, 1.82) is 0 Å². The Bertz CT molecular complexity index is 741.